The first-order chi connectivity index (χ1) is 9.70. The van der Waals surface area contributed by atoms with E-state index in [1.807, 2.05) is 0 Å². The van der Waals surface area contributed by atoms with E-state index >= 15 is 0 Å². The van der Waals surface area contributed by atoms with Crippen LogP contribution in [-0.2, 0) is 10.0 Å². The molecule has 0 aliphatic heterocycles. The van der Waals surface area contributed by atoms with Crippen molar-refractivity contribution in [3.05, 3.63) is 56.5 Å². The second-order valence-electron chi connectivity index (χ2n) is 4.26. The molecule has 2 aromatic carbocycles. The predicted molar refractivity (Wildman–Crippen MR) is 83.7 cm³/mol. The number of benzene rings is 2. The fourth-order valence-corrected chi connectivity index (χ4v) is 3.51. The van der Waals surface area contributed by atoms with Crippen molar-refractivity contribution in [3.8, 4) is 0 Å². The van der Waals surface area contributed by atoms with Crippen molar-refractivity contribution in [3.63, 3.8) is 0 Å². The summed E-state index contributed by atoms with van der Waals surface area (Å²) < 4.78 is 54.3. The Hall–Kier alpha value is -0.990. The minimum Gasteiger partial charge on any atom is -0.279 e. The highest BCUT2D eigenvalue weighted by atomic mass is 79.9. The van der Waals surface area contributed by atoms with Gasteiger partial charge in [-0.2, -0.15) is 0 Å². The molecule has 21 heavy (non-hydrogen) atoms. The van der Waals surface area contributed by atoms with Crippen LogP contribution in [0, 0.1) is 18.6 Å². The van der Waals surface area contributed by atoms with E-state index in [2.05, 4.69) is 36.6 Å². The van der Waals surface area contributed by atoms with Crippen LogP contribution in [0.1, 0.15) is 5.56 Å². The van der Waals surface area contributed by atoms with E-state index < -0.39 is 26.6 Å². The summed E-state index contributed by atoms with van der Waals surface area (Å²) in [4.78, 5) is -0.481. The molecule has 112 valence electrons. The molecule has 0 radical (unpaired) electrons. The Morgan fingerprint density at radius 3 is 2.33 bits per heavy atom. The number of anilines is 1. The summed E-state index contributed by atoms with van der Waals surface area (Å²) in [5.74, 6) is -1.39. The quantitative estimate of drug-likeness (QED) is 0.758. The van der Waals surface area contributed by atoms with E-state index in [1.54, 1.807) is 6.92 Å². The van der Waals surface area contributed by atoms with Crippen LogP contribution in [0.4, 0.5) is 14.5 Å². The summed E-state index contributed by atoms with van der Waals surface area (Å²) in [7, 11) is -4.10. The van der Waals surface area contributed by atoms with E-state index in [0.29, 0.717) is 10.0 Å². The maximum atomic E-state index is 13.8. The normalized spacial score (nSPS) is 11.5. The topological polar surface area (TPSA) is 46.2 Å². The number of hydrogen-bond acceptors (Lipinski definition) is 2. The zero-order chi connectivity index (χ0) is 15.8. The summed E-state index contributed by atoms with van der Waals surface area (Å²) in [6, 6.07) is 6.10. The third-order valence-corrected chi connectivity index (χ3v) is 5.19. The number of sulfonamides is 1. The van der Waals surface area contributed by atoms with Crippen LogP contribution in [-0.4, -0.2) is 8.42 Å². The number of halogens is 4. The van der Waals surface area contributed by atoms with Crippen molar-refractivity contribution in [2.75, 3.05) is 4.72 Å². The summed E-state index contributed by atoms with van der Waals surface area (Å²) >= 11 is 6.03. The number of nitrogens with one attached hydrogen (secondary N) is 1. The standard InChI is InChI=1S/C13H9Br2F2NO2S/c1-7-4-10(16)9(15)6-12(7)18-21(19,20)13-3-2-8(14)5-11(13)17/h2-6,18H,1H3. The molecular weight excluding hydrogens is 432 g/mol. The molecule has 3 nitrogen and oxygen atoms in total. The number of aryl methyl sites for hydroxylation is 1. The summed E-state index contributed by atoms with van der Waals surface area (Å²) in [6.07, 6.45) is 0. The van der Waals surface area contributed by atoms with Crippen molar-refractivity contribution in [1.29, 1.82) is 0 Å². The molecule has 0 saturated heterocycles. The lowest BCUT2D eigenvalue weighted by atomic mass is 10.2. The highest BCUT2D eigenvalue weighted by Gasteiger charge is 2.20. The molecule has 0 saturated carbocycles. The molecule has 0 aromatic heterocycles. The lowest BCUT2D eigenvalue weighted by molar-refractivity contribution is 0.569. The van der Waals surface area contributed by atoms with Gasteiger partial charge in [0.15, 0.2) is 0 Å². The average molecular weight is 441 g/mol. The van der Waals surface area contributed by atoms with Crippen LogP contribution in [0.2, 0.25) is 0 Å². The van der Waals surface area contributed by atoms with Crippen LogP contribution in [0.25, 0.3) is 0 Å². The van der Waals surface area contributed by atoms with Crippen molar-refractivity contribution < 1.29 is 17.2 Å². The molecule has 0 spiro atoms. The first kappa shape index (κ1) is 16.4. The molecule has 8 heteroatoms. The molecule has 0 fully saturated rings. The van der Waals surface area contributed by atoms with Gasteiger partial charge in [0.2, 0.25) is 0 Å². The third-order valence-electron chi connectivity index (χ3n) is 2.70. The van der Waals surface area contributed by atoms with Gasteiger partial charge in [0, 0.05) is 4.47 Å². The zero-order valence-electron chi connectivity index (χ0n) is 10.6. The van der Waals surface area contributed by atoms with Gasteiger partial charge in [0.1, 0.15) is 16.5 Å². The maximum absolute atomic E-state index is 13.8. The second kappa shape index (κ2) is 6.02. The number of hydrogen-bond donors (Lipinski definition) is 1. The minimum atomic E-state index is -4.10. The van der Waals surface area contributed by atoms with Gasteiger partial charge >= 0.3 is 0 Å². The van der Waals surface area contributed by atoms with Crippen molar-refractivity contribution >= 4 is 47.6 Å². The van der Waals surface area contributed by atoms with Crippen molar-refractivity contribution in [2.45, 2.75) is 11.8 Å². The molecule has 0 aliphatic rings. The fourth-order valence-electron chi connectivity index (χ4n) is 1.65. The van der Waals surface area contributed by atoms with Gasteiger partial charge in [0.25, 0.3) is 10.0 Å². The maximum Gasteiger partial charge on any atom is 0.264 e. The molecule has 0 unspecified atom stereocenters. The van der Waals surface area contributed by atoms with E-state index in [9.17, 15) is 17.2 Å². The Kier molecular flexibility index (Phi) is 4.69. The summed E-state index contributed by atoms with van der Waals surface area (Å²) in [6.45, 7) is 1.55. The molecule has 2 rings (SSSR count). The highest BCUT2D eigenvalue weighted by molar-refractivity contribution is 9.10. The highest BCUT2D eigenvalue weighted by Crippen LogP contribution is 2.27. The lowest BCUT2D eigenvalue weighted by Crippen LogP contribution is -2.15. The first-order valence-electron chi connectivity index (χ1n) is 5.64. The molecule has 1 N–H and O–H groups in total. The van der Waals surface area contributed by atoms with Gasteiger partial charge in [-0.3, -0.25) is 4.72 Å². The molecule has 0 bridgehead atoms. The molecule has 0 amide bonds. The molecular formula is C13H9Br2F2NO2S. The first-order valence-corrected chi connectivity index (χ1v) is 8.71. The Labute approximate surface area is 137 Å². The van der Waals surface area contributed by atoms with E-state index in [0.717, 1.165) is 12.1 Å². The van der Waals surface area contributed by atoms with Crippen LogP contribution < -0.4 is 4.72 Å². The molecule has 0 aliphatic carbocycles. The van der Waals surface area contributed by atoms with Gasteiger partial charge in [-0.15, -0.1) is 0 Å². The monoisotopic (exact) mass is 439 g/mol. The van der Waals surface area contributed by atoms with Gasteiger partial charge in [-0.25, -0.2) is 17.2 Å². The van der Waals surface area contributed by atoms with E-state index in [-0.39, 0.29) is 10.2 Å². The molecule has 0 atom stereocenters. The summed E-state index contributed by atoms with van der Waals surface area (Å²) in [5, 5.41) is 0. The Bertz CT molecular complexity index is 810. The lowest BCUT2D eigenvalue weighted by Gasteiger charge is -2.12. The van der Waals surface area contributed by atoms with Crippen LogP contribution in [0.5, 0.6) is 0 Å². The summed E-state index contributed by atoms with van der Waals surface area (Å²) in [5.41, 5.74) is 0.558. The van der Waals surface area contributed by atoms with Crippen molar-refractivity contribution in [1.82, 2.24) is 0 Å². The second-order valence-corrected chi connectivity index (χ2v) is 7.68. The fraction of sp³-hybridized carbons (Fsp3) is 0.0769. The predicted octanol–water partition coefficient (Wildman–Crippen LogP) is 4.60. The Morgan fingerprint density at radius 2 is 1.71 bits per heavy atom. The van der Waals surface area contributed by atoms with Crippen LogP contribution >= 0.6 is 31.9 Å². The van der Waals surface area contributed by atoms with E-state index in [4.69, 9.17) is 0 Å². The molecule has 0 heterocycles. The average Bonchev–Trinajstić information content (AvgIpc) is 2.35. The zero-order valence-corrected chi connectivity index (χ0v) is 14.6. The van der Waals surface area contributed by atoms with Crippen LogP contribution in [0.15, 0.2) is 44.2 Å². The Morgan fingerprint density at radius 1 is 1.05 bits per heavy atom. The van der Waals surface area contributed by atoms with Gasteiger partial charge < -0.3 is 0 Å². The van der Waals surface area contributed by atoms with Gasteiger partial charge in [-0.05, 0) is 58.7 Å². The van der Waals surface area contributed by atoms with Gasteiger partial charge in [0.05, 0.1) is 10.2 Å². The smallest absolute Gasteiger partial charge is 0.264 e. The van der Waals surface area contributed by atoms with Crippen molar-refractivity contribution in [2.24, 2.45) is 0 Å². The molecule has 2 aromatic rings. The van der Waals surface area contributed by atoms with Crippen LogP contribution in [0.3, 0.4) is 0 Å². The largest absolute Gasteiger partial charge is 0.279 e. The van der Waals surface area contributed by atoms with Gasteiger partial charge in [-0.1, -0.05) is 15.9 Å². The minimum absolute atomic E-state index is 0.113. The van der Waals surface area contributed by atoms with E-state index in [1.165, 1.54) is 18.2 Å². The third kappa shape index (κ3) is 3.61. The Balaban J connectivity index is 2.45. The number of rotatable bonds is 3. The SMILES string of the molecule is Cc1cc(F)c(Br)cc1NS(=O)(=O)c1ccc(Br)cc1F.